The summed E-state index contributed by atoms with van der Waals surface area (Å²) >= 11 is 5.41. The molecule has 8 nitrogen and oxygen atoms in total. The summed E-state index contributed by atoms with van der Waals surface area (Å²) in [6, 6.07) is 16.0. The first-order valence-corrected chi connectivity index (χ1v) is 11.7. The molecule has 180 valence electrons. The minimum absolute atomic E-state index is 0.0866. The first kappa shape index (κ1) is 25.2. The van der Waals surface area contributed by atoms with E-state index in [2.05, 4.69) is 10.6 Å². The van der Waals surface area contributed by atoms with E-state index < -0.39 is 17.9 Å². The Bertz CT molecular complexity index is 1010. The molecular weight excluding hydrogens is 454 g/mol. The van der Waals surface area contributed by atoms with E-state index in [0.717, 1.165) is 6.42 Å². The van der Waals surface area contributed by atoms with Crippen molar-refractivity contribution >= 4 is 35.1 Å². The smallest absolute Gasteiger partial charge is 0.308 e. The summed E-state index contributed by atoms with van der Waals surface area (Å²) in [6.45, 7) is 3.39. The quantitative estimate of drug-likeness (QED) is 0.418. The minimum Gasteiger partial charge on any atom is -0.493 e. The zero-order chi connectivity index (χ0) is 24.3. The summed E-state index contributed by atoms with van der Waals surface area (Å²) in [4.78, 5) is 38.8. The molecule has 1 heterocycles. The Morgan fingerprint density at radius 3 is 2.71 bits per heavy atom. The van der Waals surface area contributed by atoms with Crippen LogP contribution in [0.15, 0.2) is 54.6 Å². The maximum absolute atomic E-state index is 12.8. The van der Waals surface area contributed by atoms with Gasteiger partial charge < -0.3 is 19.7 Å². The lowest BCUT2D eigenvalue weighted by molar-refractivity contribution is -0.147. The molecule has 0 spiro atoms. The lowest BCUT2D eigenvalue weighted by Crippen LogP contribution is -2.60. The second-order valence-electron chi connectivity index (χ2n) is 7.80. The highest BCUT2D eigenvalue weighted by Crippen LogP contribution is 2.15. The SMILES string of the molecule is CCCOC(=O)CC1C(=O)NCCN1C(=S)NC(=O)c1cccc(OCCc2ccccc2)c1. The van der Waals surface area contributed by atoms with Crippen molar-refractivity contribution in [2.75, 3.05) is 26.3 Å². The number of thiocarbonyl (C=S) groups is 1. The van der Waals surface area contributed by atoms with Gasteiger partial charge in [0.25, 0.3) is 5.91 Å². The van der Waals surface area contributed by atoms with Crippen molar-refractivity contribution in [1.29, 1.82) is 0 Å². The van der Waals surface area contributed by atoms with Crippen LogP contribution in [0.5, 0.6) is 5.75 Å². The first-order valence-electron chi connectivity index (χ1n) is 11.3. The monoisotopic (exact) mass is 483 g/mol. The van der Waals surface area contributed by atoms with Crippen molar-refractivity contribution in [1.82, 2.24) is 15.5 Å². The molecule has 34 heavy (non-hydrogen) atoms. The average molecular weight is 484 g/mol. The Kier molecular flexibility index (Phi) is 9.40. The highest BCUT2D eigenvalue weighted by atomic mass is 32.1. The van der Waals surface area contributed by atoms with Gasteiger partial charge in [-0.05, 0) is 42.4 Å². The molecule has 0 radical (unpaired) electrons. The van der Waals surface area contributed by atoms with E-state index in [-0.39, 0.29) is 24.0 Å². The fraction of sp³-hybridized carbons (Fsp3) is 0.360. The molecule has 9 heteroatoms. The number of piperazine rings is 1. The standard InChI is InChI=1S/C25H29N3O5S/c1-2-14-33-22(29)17-21-24(31)26-12-13-28(21)25(34)27-23(30)19-9-6-10-20(16-19)32-15-11-18-7-4-3-5-8-18/h3-10,16,21H,2,11-15,17H2,1H3,(H,26,31)(H,27,30,34). The van der Waals surface area contributed by atoms with E-state index in [1.54, 1.807) is 29.2 Å². The molecular formula is C25H29N3O5S. The predicted molar refractivity (Wildman–Crippen MR) is 132 cm³/mol. The molecule has 0 bridgehead atoms. The molecule has 1 aliphatic heterocycles. The largest absolute Gasteiger partial charge is 0.493 e. The van der Waals surface area contributed by atoms with Crippen LogP contribution in [0.4, 0.5) is 0 Å². The number of rotatable bonds is 9. The van der Waals surface area contributed by atoms with Gasteiger partial charge in [0.15, 0.2) is 5.11 Å². The summed E-state index contributed by atoms with van der Waals surface area (Å²) in [5.74, 6) is -0.659. The summed E-state index contributed by atoms with van der Waals surface area (Å²) in [7, 11) is 0. The van der Waals surface area contributed by atoms with Gasteiger partial charge in [0, 0.05) is 25.1 Å². The van der Waals surface area contributed by atoms with Crippen molar-refractivity contribution in [3.05, 3.63) is 65.7 Å². The number of carbonyl (C=O) groups is 3. The molecule has 2 N–H and O–H groups in total. The maximum Gasteiger partial charge on any atom is 0.308 e. The summed E-state index contributed by atoms with van der Waals surface area (Å²) in [5.41, 5.74) is 1.54. The highest BCUT2D eigenvalue weighted by molar-refractivity contribution is 7.80. The van der Waals surface area contributed by atoms with Crippen LogP contribution in [0.1, 0.15) is 35.7 Å². The van der Waals surface area contributed by atoms with E-state index >= 15 is 0 Å². The van der Waals surface area contributed by atoms with Crippen molar-refractivity contribution in [2.24, 2.45) is 0 Å². The molecule has 0 saturated carbocycles. The molecule has 1 unspecified atom stereocenters. The maximum atomic E-state index is 12.8. The predicted octanol–water partition coefficient (Wildman–Crippen LogP) is 2.47. The van der Waals surface area contributed by atoms with Crippen molar-refractivity contribution < 1.29 is 23.9 Å². The van der Waals surface area contributed by atoms with E-state index in [1.165, 1.54) is 5.56 Å². The normalized spacial score (nSPS) is 15.3. The molecule has 1 aliphatic rings. The van der Waals surface area contributed by atoms with Crippen LogP contribution >= 0.6 is 12.2 Å². The van der Waals surface area contributed by atoms with Gasteiger partial charge in [0.1, 0.15) is 11.8 Å². The molecule has 2 aromatic carbocycles. The van der Waals surface area contributed by atoms with Gasteiger partial charge in [-0.2, -0.15) is 0 Å². The van der Waals surface area contributed by atoms with Gasteiger partial charge in [-0.1, -0.05) is 43.3 Å². The highest BCUT2D eigenvalue weighted by Gasteiger charge is 2.34. The third-order valence-corrected chi connectivity index (χ3v) is 5.57. The summed E-state index contributed by atoms with van der Waals surface area (Å²) in [6.07, 6.45) is 1.29. The van der Waals surface area contributed by atoms with E-state index in [0.29, 0.717) is 37.4 Å². The molecule has 1 atom stereocenters. The number of hydrogen-bond acceptors (Lipinski definition) is 6. The zero-order valence-electron chi connectivity index (χ0n) is 19.1. The number of hydrogen-bond donors (Lipinski definition) is 2. The van der Waals surface area contributed by atoms with Crippen LogP contribution in [-0.2, 0) is 20.7 Å². The summed E-state index contributed by atoms with van der Waals surface area (Å²) < 4.78 is 10.9. The molecule has 2 aromatic rings. The lowest BCUT2D eigenvalue weighted by atomic mass is 10.1. The number of carbonyl (C=O) groups excluding carboxylic acids is 3. The van der Waals surface area contributed by atoms with Crippen LogP contribution < -0.4 is 15.4 Å². The third kappa shape index (κ3) is 7.28. The third-order valence-electron chi connectivity index (χ3n) is 5.24. The Morgan fingerprint density at radius 2 is 1.94 bits per heavy atom. The van der Waals surface area contributed by atoms with Crippen molar-refractivity contribution in [3.8, 4) is 5.75 Å². The number of nitrogens with zero attached hydrogens (tertiary/aromatic N) is 1. The van der Waals surface area contributed by atoms with Gasteiger partial charge in [-0.25, -0.2) is 0 Å². The molecule has 1 saturated heterocycles. The minimum atomic E-state index is -0.835. The Morgan fingerprint density at radius 1 is 1.15 bits per heavy atom. The molecule has 0 aromatic heterocycles. The van der Waals surface area contributed by atoms with E-state index in [9.17, 15) is 14.4 Å². The number of benzene rings is 2. The molecule has 3 rings (SSSR count). The molecule has 1 fully saturated rings. The van der Waals surface area contributed by atoms with Gasteiger partial charge in [0.05, 0.1) is 19.6 Å². The second kappa shape index (κ2) is 12.7. The summed E-state index contributed by atoms with van der Waals surface area (Å²) in [5, 5.41) is 5.48. The Balaban J connectivity index is 1.58. The Hall–Kier alpha value is -3.46. The number of ether oxygens (including phenoxy) is 2. The van der Waals surface area contributed by atoms with Gasteiger partial charge in [-0.3, -0.25) is 19.7 Å². The number of nitrogens with one attached hydrogen (secondary N) is 2. The van der Waals surface area contributed by atoms with Gasteiger partial charge in [0.2, 0.25) is 5.91 Å². The van der Waals surface area contributed by atoms with Crippen LogP contribution in [0.2, 0.25) is 0 Å². The van der Waals surface area contributed by atoms with E-state index in [4.69, 9.17) is 21.7 Å². The van der Waals surface area contributed by atoms with Crippen LogP contribution in [-0.4, -0.2) is 60.1 Å². The van der Waals surface area contributed by atoms with Crippen LogP contribution in [0.3, 0.4) is 0 Å². The fourth-order valence-electron chi connectivity index (χ4n) is 3.49. The average Bonchev–Trinajstić information content (AvgIpc) is 2.84. The van der Waals surface area contributed by atoms with Crippen LogP contribution in [0, 0.1) is 0 Å². The van der Waals surface area contributed by atoms with Gasteiger partial charge >= 0.3 is 5.97 Å². The second-order valence-corrected chi connectivity index (χ2v) is 8.18. The zero-order valence-corrected chi connectivity index (χ0v) is 19.9. The fourth-order valence-corrected chi connectivity index (χ4v) is 3.80. The van der Waals surface area contributed by atoms with Crippen LogP contribution in [0.25, 0.3) is 0 Å². The topological polar surface area (TPSA) is 97.0 Å². The lowest BCUT2D eigenvalue weighted by Gasteiger charge is -2.36. The van der Waals surface area contributed by atoms with Crippen molar-refractivity contribution in [3.63, 3.8) is 0 Å². The van der Waals surface area contributed by atoms with E-state index in [1.807, 2.05) is 37.3 Å². The Labute approximate surface area is 204 Å². The number of esters is 1. The van der Waals surface area contributed by atoms with Crippen molar-refractivity contribution in [2.45, 2.75) is 32.2 Å². The number of amides is 2. The first-order chi connectivity index (χ1) is 16.5. The van der Waals surface area contributed by atoms with Gasteiger partial charge in [-0.15, -0.1) is 0 Å². The molecule has 2 amide bonds. The molecule has 0 aliphatic carbocycles.